The fourth-order valence-corrected chi connectivity index (χ4v) is 2.21. The SMILES string of the molecule is [B]c1cc(C(C)c2cc([B])c(N=O)c([B])c2)cc([B])c1O. The van der Waals surface area contributed by atoms with Crippen molar-refractivity contribution >= 4 is 58.9 Å². The van der Waals surface area contributed by atoms with E-state index in [0.717, 1.165) is 11.1 Å². The van der Waals surface area contributed by atoms with Gasteiger partial charge in [-0.1, -0.05) is 53.0 Å². The minimum Gasteiger partial charge on any atom is -0.509 e. The van der Waals surface area contributed by atoms with Crippen LogP contribution in [0.2, 0.25) is 0 Å². The van der Waals surface area contributed by atoms with Crippen molar-refractivity contribution in [2.75, 3.05) is 0 Å². The molecule has 8 radical (unpaired) electrons. The monoisotopic (exact) mass is 267 g/mol. The minimum atomic E-state index is -0.134. The normalized spacial score (nSPS) is 12.0. The standard InChI is InChI=1S/C14H9B4NO2/c1-6(8-4-11(17)14(20)12(18)5-8)7-2-9(15)13(19-21)10(16)3-7/h2-6,20H,1H3. The van der Waals surface area contributed by atoms with Crippen LogP contribution in [0.3, 0.4) is 0 Å². The molecule has 0 amide bonds. The van der Waals surface area contributed by atoms with E-state index in [-0.39, 0.29) is 39.2 Å². The maximum Gasteiger partial charge on any atom is 0.118 e. The van der Waals surface area contributed by atoms with Crippen molar-refractivity contribution in [3.05, 3.63) is 40.3 Å². The molecular formula is C14H9B4NO2. The highest BCUT2D eigenvalue weighted by Crippen LogP contribution is 2.23. The lowest BCUT2D eigenvalue weighted by atomic mass is 9.77. The maximum atomic E-state index is 10.7. The smallest absolute Gasteiger partial charge is 0.118 e. The van der Waals surface area contributed by atoms with Crippen LogP contribution in [-0.4, -0.2) is 36.5 Å². The Labute approximate surface area is 128 Å². The highest BCUT2D eigenvalue weighted by Gasteiger charge is 2.14. The van der Waals surface area contributed by atoms with Crippen LogP contribution in [0.25, 0.3) is 0 Å². The first-order chi connectivity index (χ1) is 9.85. The summed E-state index contributed by atoms with van der Waals surface area (Å²) in [4.78, 5) is 10.7. The van der Waals surface area contributed by atoms with Gasteiger partial charge in [0.15, 0.2) is 0 Å². The minimum absolute atomic E-state index is 0.0377. The number of benzene rings is 2. The number of nitroso groups, excluding NO2 is 1. The van der Waals surface area contributed by atoms with Crippen LogP contribution in [-0.2, 0) is 0 Å². The largest absolute Gasteiger partial charge is 0.509 e. The zero-order valence-corrected chi connectivity index (χ0v) is 11.5. The van der Waals surface area contributed by atoms with E-state index in [4.69, 9.17) is 31.4 Å². The van der Waals surface area contributed by atoms with Gasteiger partial charge in [0.1, 0.15) is 37.1 Å². The maximum absolute atomic E-state index is 10.7. The Morgan fingerprint density at radius 3 is 1.67 bits per heavy atom. The number of hydrogen-bond acceptors (Lipinski definition) is 3. The Hall–Kier alpha value is -1.90. The topological polar surface area (TPSA) is 49.7 Å². The second-order valence-electron chi connectivity index (χ2n) is 4.91. The molecule has 2 aromatic carbocycles. The van der Waals surface area contributed by atoms with Crippen LogP contribution < -0.4 is 21.9 Å². The van der Waals surface area contributed by atoms with E-state index >= 15 is 0 Å². The van der Waals surface area contributed by atoms with Crippen LogP contribution in [0.1, 0.15) is 24.0 Å². The van der Waals surface area contributed by atoms with Gasteiger partial charge in [0.2, 0.25) is 0 Å². The third-order valence-electron chi connectivity index (χ3n) is 3.47. The Morgan fingerprint density at radius 1 is 0.905 bits per heavy atom. The van der Waals surface area contributed by atoms with Crippen LogP contribution >= 0.6 is 0 Å². The van der Waals surface area contributed by atoms with Gasteiger partial charge < -0.3 is 5.11 Å². The van der Waals surface area contributed by atoms with Gasteiger partial charge in [-0.05, 0) is 16.3 Å². The third kappa shape index (κ3) is 2.92. The molecular weight excluding hydrogens is 257 g/mol. The van der Waals surface area contributed by atoms with E-state index in [2.05, 4.69) is 5.18 Å². The molecule has 2 rings (SSSR count). The summed E-state index contributed by atoms with van der Waals surface area (Å²) < 4.78 is 0. The number of aromatic hydroxyl groups is 1. The van der Waals surface area contributed by atoms with Crippen molar-refractivity contribution in [1.29, 1.82) is 0 Å². The van der Waals surface area contributed by atoms with Crippen molar-refractivity contribution in [2.24, 2.45) is 5.18 Å². The van der Waals surface area contributed by atoms with Gasteiger partial charge >= 0.3 is 0 Å². The van der Waals surface area contributed by atoms with Crippen LogP contribution in [0.5, 0.6) is 5.75 Å². The molecule has 0 bridgehead atoms. The molecule has 3 nitrogen and oxygen atoms in total. The summed E-state index contributed by atoms with van der Waals surface area (Å²) in [7, 11) is 23.0. The van der Waals surface area contributed by atoms with E-state index in [1.54, 1.807) is 24.3 Å². The number of phenols is 1. The zero-order valence-electron chi connectivity index (χ0n) is 11.5. The molecule has 0 aliphatic heterocycles. The summed E-state index contributed by atoms with van der Waals surface area (Å²) in [5.41, 5.74) is 2.46. The summed E-state index contributed by atoms with van der Waals surface area (Å²) in [6.07, 6.45) is 0. The van der Waals surface area contributed by atoms with E-state index in [1.807, 2.05) is 6.92 Å². The van der Waals surface area contributed by atoms with Gasteiger partial charge in [0, 0.05) is 5.92 Å². The predicted molar refractivity (Wildman–Crippen MR) is 89.1 cm³/mol. The Bertz CT molecular complexity index is 672. The van der Waals surface area contributed by atoms with Gasteiger partial charge in [0.05, 0.1) is 5.69 Å². The van der Waals surface area contributed by atoms with E-state index in [9.17, 15) is 10.0 Å². The molecule has 0 fully saturated rings. The average Bonchev–Trinajstić information content (AvgIpc) is 2.43. The quantitative estimate of drug-likeness (QED) is 0.579. The van der Waals surface area contributed by atoms with Crippen LogP contribution in [0, 0.1) is 4.91 Å². The fourth-order valence-electron chi connectivity index (χ4n) is 2.21. The lowest BCUT2D eigenvalue weighted by molar-refractivity contribution is 0.483. The number of rotatable bonds is 3. The van der Waals surface area contributed by atoms with Crippen molar-refractivity contribution in [1.82, 2.24) is 0 Å². The predicted octanol–water partition coefficient (Wildman–Crippen LogP) is -0.883. The average molecular weight is 266 g/mol. The zero-order chi connectivity index (χ0) is 15.7. The van der Waals surface area contributed by atoms with Gasteiger partial charge in [-0.3, -0.25) is 0 Å². The Morgan fingerprint density at radius 2 is 1.29 bits per heavy atom. The van der Waals surface area contributed by atoms with E-state index in [1.165, 1.54) is 0 Å². The highest BCUT2D eigenvalue weighted by molar-refractivity contribution is 6.43. The molecule has 1 N–H and O–H groups in total. The first-order valence-corrected chi connectivity index (χ1v) is 6.25. The summed E-state index contributed by atoms with van der Waals surface area (Å²) >= 11 is 0. The van der Waals surface area contributed by atoms with Gasteiger partial charge in [-0.2, -0.15) is 0 Å². The van der Waals surface area contributed by atoms with Crippen LogP contribution in [0.4, 0.5) is 5.69 Å². The molecule has 0 saturated heterocycles. The lowest BCUT2D eigenvalue weighted by Crippen LogP contribution is -2.20. The molecule has 21 heavy (non-hydrogen) atoms. The molecule has 0 aliphatic carbocycles. The molecule has 0 saturated carbocycles. The summed E-state index contributed by atoms with van der Waals surface area (Å²) in [5, 5.41) is 12.4. The first kappa shape index (κ1) is 15.5. The summed E-state index contributed by atoms with van der Waals surface area (Å²) in [6, 6.07) is 6.54. The van der Waals surface area contributed by atoms with Crippen molar-refractivity contribution in [3.63, 3.8) is 0 Å². The number of hydrogen-bond donors (Lipinski definition) is 1. The third-order valence-corrected chi connectivity index (χ3v) is 3.47. The van der Waals surface area contributed by atoms with Gasteiger partial charge in [-0.15, -0.1) is 4.91 Å². The summed E-state index contributed by atoms with van der Waals surface area (Å²) in [6.45, 7) is 1.91. The Balaban J connectivity index is 2.50. The lowest BCUT2D eigenvalue weighted by Gasteiger charge is -2.18. The highest BCUT2D eigenvalue weighted by atomic mass is 16.3. The molecule has 1 unspecified atom stereocenters. The molecule has 2 aromatic rings. The molecule has 0 aromatic heterocycles. The molecule has 7 heteroatoms. The summed E-state index contributed by atoms with van der Waals surface area (Å²) in [5.74, 6) is -0.258. The van der Waals surface area contributed by atoms with Gasteiger partial charge in [0.25, 0.3) is 0 Å². The number of nitrogens with zero attached hydrogens (tertiary/aromatic N) is 1. The fraction of sp³-hybridized carbons (Fsp3) is 0.143. The van der Waals surface area contributed by atoms with Crippen molar-refractivity contribution in [3.8, 4) is 5.75 Å². The molecule has 0 heterocycles. The number of phenolic OH excluding ortho intramolecular Hbond substituents is 1. The van der Waals surface area contributed by atoms with Crippen molar-refractivity contribution < 1.29 is 5.11 Å². The molecule has 94 valence electrons. The van der Waals surface area contributed by atoms with Crippen LogP contribution in [0.15, 0.2) is 29.4 Å². The second kappa shape index (κ2) is 5.84. The Kier molecular flexibility index (Phi) is 4.31. The van der Waals surface area contributed by atoms with E-state index < -0.39 is 0 Å². The van der Waals surface area contributed by atoms with Gasteiger partial charge in [-0.25, -0.2) is 0 Å². The first-order valence-electron chi connectivity index (χ1n) is 6.25. The molecule has 1 atom stereocenters. The molecule has 0 aliphatic rings. The second-order valence-corrected chi connectivity index (χ2v) is 4.91. The van der Waals surface area contributed by atoms with E-state index in [0.29, 0.717) is 0 Å². The molecule has 0 spiro atoms. The van der Waals surface area contributed by atoms with Crippen molar-refractivity contribution in [2.45, 2.75) is 12.8 Å².